The van der Waals surface area contributed by atoms with Crippen LogP contribution in [0.25, 0.3) is 0 Å². The molecule has 114 valence electrons. The summed E-state index contributed by atoms with van der Waals surface area (Å²) in [5.41, 5.74) is 0.243. The SMILES string of the molecule is O=C(Nc1c(Cl)cc(Br)cc1Cl)C(=O)N1CCCNCC1. The lowest BCUT2D eigenvalue weighted by Gasteiger charge is -2.19. The molecule has 1 fully saturated rings. The van der Waals surface area contributed by atoms with Crippen molar-refractivity contribution in [2.24, 2.45) is 0 Å². The van der Waals surface area contributed by atoms with Crippen molar-refractivity contribution in [3.8, 4) is 0 Å². The predicted octanol–water partition coefficient (Wildman–Crippen LogP) is 2.52. The Kier molecular flexibility index (Phi) is 5.87. The Morgan fingerprint density at radius 3 is 2.52 bits per heavy atom. The van der Waals surface area contributed by atoms with Crippen LogP contribution in [-0.4, -0.2) is 42.9 Å². The standard InChI is InChI=1S/C13H14BrCl2N3O2/c14-8-6-9(15)11(10(16)7-8)18-12(20)13(21)19-4-1-2-17-3-5-19/h6-7,17H,1-5H2,(H,18,20). The van der Waals surface area contributed by atoms with Crippen LogP contribution in [0, 0.1) is 0 Å². The lowest BCUT2D eigenvalue weighted by atomic mass is 10.3. The summed E-state index contributed by atoms with van der Waals surface area (Å²) in [6.45, 7) is 2.59. The largest absolute Gasteiger partial charge is 0.333 e. The Bertz CT molecular complexity index is 537. The number of amides is 2. The molecule has 2 amide bonds. The second-order valence-electron chi connectivity index (χ2n) is 4.59. The first-order valence-electron chi connectivity index (χ1n) is 6.44. The van der Waals surface area contributed by atoms with Crippen LogP contribution in [0.2, 0.25) is 10.0 Å². The monoisotopic (exact) mass is 393 g/mol. The lowest BCUT2D eigenvalue weighted by molar-refractivity contribution is -0.143. The summed E-state index contributed by atoms with van der Waals surface area (Å²) in [6.07, 6.45) is 0.818. The highest BCUT2D eigenvalue weighted by Crippen LogP contribution is 2.33. The zero-order chi connectivity index (χ0) is 15.4. The quantitative estimate of drug-likeness (QED) is 0.719. The first-order chi connectivity index (χ1) is 9.99. The number of benzene rings is 1. The number of carbonyl (C=O) groups excluding carboxylic acids is 2. The molecule has 0 radical (unpaired) electrons. The van der Waals surface area contributed by atoms with Gasteiger partial charge in [0.1, 0.15) is 0 Å². The van der Waals surface area contributed by atoms with Gasteiger partial charge in [-0.1, -0.05) is 39.1 Å². The molecule has 21 heavy (non-hydrogen) atoms. The third-order valence-corrected chi connectivity index (χ3v) is 4.12. The molecular formula is C13H14BrCl2N3O2. The molecule has 1 aliphatic rings. The number of hydrogen-bond acceptors (Lipinski definition) is 3. The van der Waals surface area contributed by atoms with Gasteiger partial charge in [0, 0.05) is 24.1 Å². The number of rotatable bonds is 1. The van der Waals surface area contributed by atoms with Crippen molar-refractivity contribution in [3.05, 3.63) is 26.7 Å². The van der Waals surface area contributed by atoms with Crippen LogP contribution in [-0.2, 0) is 9.59 Å². The zero-order valence-electron chi connectivity index (χ0n) is 11.1. The number of carbonyl (C=O) groups is 2. The number of nitrogens with zero attached hydrogens (tertiary/aromatic N) is 1. The van der Waals surface area contributed by atoms with Crippen LogP contribution >= 0.6 is 39.1 Å². The molecule has 0 aliphatic carbocycles. The fourth-order valence-corrected chi connectivity index (χ4v) is 3.32. The lowest BCUT2D eigenvalue weighted by Crippen LogP contribution is -2.41. The third kappa shape index (κ3) is 4.32. The van der Waals surface area contributed by atoms with E-state index in [-0.39, 0.29) is 15.7 Å². The maximum absolute atomic E-state index is 12.1. The maximum atomic E-state index is 12.1. The molecule has 1 aromatic rings. The van der Waals surface area contributed by atoms with Gasteiger partial charge >= 0.3 is 11.8 Å². The second-order valence-corrected chi connectivity index (χ2v) is 6.32. The molecule has 1 aliphatic heterocycles. The summed E-state index contributed by atoms with van der Waals surface area (Å²) >= 11 is 15.3. The van der Waals surface area contributed by atoms with Gasteiger partial charge in [-0.3, -0.25) is 9.59 Å². The number of nitrogens with one attached hydrogen (secondary N) is 2. The van der Waals surface area contributed by atoms with Crippen LogP contribution < -0.4 is 10.6 Å². The molecule has 1 saturated heterocycles. The highest BCUT2D eigenvalue weighted by molar-refractivity contribution is 9.10. The van der Waals surface area contributed by atoms with Gasteiger partial charge in [-0.25, -0.2) is 0 Å². The third-order valence-electron chi connectivity index (χ3n) is 3.07. The first kappa shape index (κ1) is 16.5. The van der Waals surface area contributed by atoms with Crippen molar-refractivity contribution in [3.63, 3.8) is 0 Å². The van der Waals surface area contributed by atoms with E-state index in [1.807, 2.05) is 0 Å². The molecule has 1 aromatic carbocycles. The molecule has 0 spiro atoms. The smallest absolute Gasteiger partial charge is 0.313 e. The number of hydrogen-bond donors (Lipinski definition) is 2. The molecule has 5 nitrogen and oxygen atoms in total. The maximum Gasteiger partial charge on any atom is 0.313 e. The minimum absolute atomic E-state index is 0.243. The van der Waals surface area contributed by atoms with Crippen LogP contribution in [0.5, 0.6) is 0 Å². The van der Waals surface area contributed by atoms with Crippen LogP contribution in [0.3, 0.4) is 0 Å². The summed E-state index contributed by atoms with van der Waals surface area (Å²) in [7, 11) is 0. The van der Waals surface area contributed by atoms with E-state index in [2.05, 4.69) is 26.6 Å². The van der Waals surface area contributed by atoms with E-state index >= 15 is 0 Å². The number of halogens is 3. The van der Waals surface area contributed by atoms with Crippen LogP contribution in [0.4, 0.5) is 5.69 Å². The summed E-state index contributed by atoms with van der Waals surface area (Å²) < 4.78 is 0.695. The van der Waals surface area contributed by atoms with E-state index in [0.717, 1.165) is 13.0 Å². The summed E-state index contributed by atoms with van der Waals surface area (Å²) in [5.74, 6) is -1.31. The van der Waals surface area contributed by atoms with E-state index in [1.165, 1.54) is 4.90 Å². The van der Waals surface area contributed by atoms with Gasteiger partial charge in [-0.2, -0.15) is 0 Å². The van der Waals surface area contributed by atoms with Gasteiger partial charge in [0.25, 0.3) is 0 Å². The predicted molar refractivity (Wildman–Crippen MR) is 86.9 cm³/mol. The van der Waals surface area contributed by atoms with Crippen molar-refractivity contribution in [1.82, 2.24) is 10.2 Å². The van der Waals surface area contributed by atoms with Gasteiger partial charge in [0.2, 0.25) is 0 Å². The van der Waals surface area contributed by atoms with E-state index < -0.39 is 11.8 Å². The molecule has 0 unspecified atom stereocenters. The Balaban J connectivity index is 2.08. The van der Waals surface area contributed by atoms with Crippen LogP contribution in [0.15, 0.2) is 16.6 Å². The van der Waals surface area contributed by atoms with E-state index in [0.29, 0.717) is 24.1 Å². The van der Waals surface area contributed by atoms with Gasteiger partial charge in [0.05, 0.1) is 15.7 Å². The summed E-state index contributed by atoms with van der Waals surface area (Å²) in [4.78, 5) is 25.7. The number of anilines is 1. The molecule has 0 saturated carbocycles. The Morgan fingerprint density at radius 1 is 1.19 bits per heavy atom. The summed E-state index contributed by atoms with van der Waals surface area (Å²) in [5, 5.41) is 6.20. The minimum atomic E-state index is -0.733. The average Bonchev–Trinajstić information content (AvgIpc) is 2.70. The molecule has 2 rings (SSSR count). The molecular weight excluding hydrogens is 381 g/mol. The first-order valence-corrected chi connectivity index (χ1v) is 7.99. The second kappa shape index (κ2) is 7.45. The van der Waals surface area contributed by atoms with Gasteiger partial charge < -0.3 is 15.5 Å². The molecule has 0 atom stereocenters. The highest BCUT2D eigenvalue weighted by atomic mass is 79.9. The van der Waals surface area contributed by atoms with Crippen molar-refractivity contribution in [2.75, 3.05) is 31.5 Å². The van der Waals surface area contributed by atoms with Crippen LogP contribution in [0.1, 0.15) is 6.42 Å². The van der Waals surface area contributed by atoms with Gasteiger partial charge in [0.15, 0.2) is 0 Å². The van der Waals surface area contributed by atoms with E-state index in [4.69, 9.17) is 23.2 Å². The molecule has 0 bridgehead atoms. The van der Waals surface area contributed by atoms with Crippen molar-refractivity contribution < 1.29 is 9.59 Å². The molecule has 2 N–H and O–H groups in total. The Hall–Kier alpha value is -0.820. The van der Waals surface area contributed by atoms with Crippen molar-refractivity contribution in [1.29, 1.82) is 0 Å². The molecule has 1 heterocycles. The van der Waals surface area contributed by atoms with Gasteiger partial charge in [-0.05, 0) is 25.1 Å². The Morgan fingerprint density at radius 2 is 1.86 bits per heavy atom. The highest BCUT2D eigenvalue weighted by Gasteiger charge is 2.24. The van der Waals surface area contributed by atoms with Gasteiger partial charge in [-0.15, -0.1) is 0 Å². The Labute approximate surface area is 141 Å². The topological polar surface area (TPSA) is 61.4 Å². The fourth-order valence-electron chi connectivity index (χ4n) is 2.02. The van der Waals surface area contributed by atoms with E-state index in [1.54, 1.807) is 12.1 Å². The minimum Gasteiger partial charge on any atom is -0.333 e. The fraction of sp³-hybridized carbons (Fsp3) is 0.385. The normalized spacial score (nSPS) is 15.5. The van der Waals surface area contributed by atoms with Crippen molar-refractivity contribution >= 4 is 56.6 Å². The molecule has 8 heteroatoms. The average molecular weight is 395 g/mol. The van der Waals surface area contributed by atoms with E-state index in [9.17, 15) is 9.59 Å². The van der Waals surface area contributed by atoms with Crippen molar-refractivity contribution in [2.45, 2.75) is 6.42 Å². The summed E-state index contributed by atoms with van der Waals surface area (Å²) in [6, 6.07) is 3.20. The molecule has 0 aromatic heterocycles. The zero-order valence-corrected chi connectivity index (χ0v) is 14.2.